The first-order valence-corrected chi connectivity index (χ1v) is 5.63. The molecule has 0 atom stereocenters. The number of nitrogens with one attached hydrogen (secondary N) is 1. The summed E-state index contributed by atoms with van der Waals surface area (Å²) in [6.07, 6.45) is 0. The van der Waals surface area contributed by atoms with Gasteiger partial charge in [0.25, 0.3) is 0 Å². The molecule has 0 amide bonds. The first-order valence-electron chi connectivity index (χ1n) is 5.63. The molecular weight excluding hydrogens is 244 g/mol. The van der Waals surface area contributed by atoms with Gasteiger partial charge in [0.2, 0.25) is 0 Å². The van der Waals surface area contributed by atoms with Gasteiger partial charge < -0.3 is 19.9 Å². The summed E-state index contributed by atoms with van der Waals surface area (Å²) in [5, 5.41) is 11.3. The predicted molar refractivity (Wildman–Crippen MR) is 62.5 cm³/mol. The van der Waals surface area contributed by atoms with Crippen LogP contribution in [0.25, 0.3) is 0 Å². The fraction of sp³-hybridized carbons (Fsp3) is 0.500. The Bertz CT molecular complexity index is 351. The van der Waals surface area contributed by atoms with Crippen LogP contribution in [0.15, 0.2) is 12.1 Å². The van der Waals surface area contributed by atoms with Crippen LogP contribution < -0.4 is 10.1 Å². The molecule has 0 aliphatic rings. The minimum atomic E-state index is -0.734. The van der Waals surface area contributed by atoms with Crippen molar-refractivity contribution in [2.45, 2.75) is 6.54 Å². The smallest absolute Gasteiger partial charge is 0.190 e. The molecule has 0 fully saturated rings. The number of benzene rings is 1. The number of aliphatic hydroxyl groups is 1. The number of rotatable bonds is 8. The maximum Gasteiger partial charge on any atom is 0.190 e. The van der Waals surface area contributed by atoms with E-state index in [4.69, 9.17) is 14.6 Å². The van der Waals surface area contributed by atoms with Crippen molar-refractivity contribution in [1.29, 1.82) is 0 Å². The molecule has 0 heterocycles. The second-order valence-electron chi connectivity index (χ2n) is 3.60. The highest BCUT2D eigenvalue weighted by Gasteiger charge is 2.12. The average molecular weight is 261 g/mol. The van der Waals surface area contributed by atoms with E-state index in [0.29, 0.717) is 12.1 Å². The van der Waals surface area contributed by atoms with Crippen molar-refractivity contribution >= 4 is 0 Å². The van der Waals surface area contributed by atoms with Crippen LogP contribution in [0.2, 0.25) is 0 Å². The molecule has 0 saturated heterocycles. The van der Waals surface area contributed by atoms with Gasteiger partial charge in [-0.3, -0.25) is 0 Å². The van der Waals surface area contributed by atoms with Crippen LogP contribution >= 0.6 is 0 Å². The fourth-order valence-electron chi connectivity index (χ4n) is 1.43. The van der Waals surface area contributed by atoms with E-state index in [1.54, 1.807) is 7.05 Å². The number of halogens is 2. The molecular formula is C12H17F2NO3. The van der Waals surface area contributed by atoms with E-state index in [1.165, 1.54) is 12.1 Å². The van der Waals surface area contributed by atoms with Crippen LogP contribution in [-0.4, -0.2) is 38.6 Å². The van der Waals surface area contributed by atoms with Gasteiger partial charge >= 0.3 is 0 Å². The Kier molecular flexibility index (Phi) is 6.56. The number of hydrogen-bond donors (Lipinski definition) is 2. The molecule has 0 unspecified atom stereocenters. The highest BCUT2D eigenvalue weighted by molar-refractivity contribution is 5.31. The topological polar surface area (TPSA) is 50.7 Å². The lowest BCUT2D eigenvalue weighted by Gasteiger charge is -2.10. The molecule has 0 aliphatic carbocycles. The normalized spacial score (nSPS) is 10.7. The Morgan fingerprint density at radius 1 is 1.17 bits per heavy atom. The van der Waals surface area contributed by atoms with Crippen LogP contribution in [0.4, 0.5) is 8.78 Å². The average Bonchev–Trinajstić information content (AvgIpc) is 2.32. The van der Waals surface area contributed by atoms with E-state index < -0.39 is 17.4 Å². The standard InChI is InChI=1S/C12H17F2NO3/c1-15-8-9-6-10(13)12(11(14)7-9)18-5-4-17-3-2-16/h6-7,15-16H,2-5,8H2,1H3. The molecule has 1 aromatic carbocycles. The quantitative estimate of drug-likeness (QED) is 0.687. The lowest BCUT2D eigenvalue weighted by Crippen LogP contribution is -2.11. The zero-order chi connectivity index (χ0) is 13.4. The summed E-state index contributed by atoms with van der Waals surface area (Å²) in [5.74, 6) is -1.87. The van der Waals surface area contributed by atoms with Gasteiger partial charge in [-0.15, -0.1) is 0 Å². The first kappa shape index (κ1) is 14.8. The van der Waals surface area contributed by atoms with Crippen molar-refractivity contribution in [3.8, 4) is 5.75 Å². The molecule has 102 valence electrons. The molecule has 0 radical (unpaired) electrons. The van der Waals surface area contributed by atoms with Gasteiger partial charge in [0.05, 0.1) is 19.8 Å². The molecule has 0 bridgehead atoms. The van der Waals surface area contributed by atoms with Crippen molar-refractivity contribution in [2.75, 3.05) is 33.5 Å². The first-order chi connectivity index (χ1) is 8.69. The second kappa shape index (κ2) is 7.97. The lowest BCUT2D eigenvalue weighted by molar-refractivity contribution is 0.0686. The van der Waals surface area contributed by atoms with Gasteiger partial charge in [-0.1, -0.05) is 0 Å². The van der Waals surface area contributed by atoms with Crippen molar-refractivity contribution in [3.05, 3.63) is 29.3 Å². The van der Waals surface area contributed by atoms with Crippen LogP contribution in [0.5, 0.6) is 5.75 Å². The van der Waals surface area contributed by atoms with Crippen molar-refractivity contribution < 1.29 is 23.4 Å². The Morgan fingerprint density at radius 2 is 1.83 bits per heavy atom. The minimum Gasteiger partial charge on any atom is -0.485 e. The molecule has 2 N–H and O–H groups in total. The van der Waals surface area contributed by atoms with E-state index in [0.717, 1.165) is 0 Å². The minimum absolute atomic E-state index is 0.0270. The van der Waals surface area contributed by atoms with Crippen LogP contribution in [0, 0.1) is 11.6 Å². The van der Waals surface area contributed by atoms with Gasteiger partial charge in [-0.05, 0) is 24.7 Å². The number of ether oxygens (including phenoxy) is 2. The highest BCUT2D eigenvalue weighted by atomic mass is 19.1. The largest absolute Gasteiger partial charge is 0.485 e. The van der Waals surface area contributed by atoms with E-state index in [9.17, 15) is 8.78 Å². The van der Waals surface area contributed by atoms with E-state index in [1.807, 2.05) is 0 Å². The third-order valence-electron chi connectivity index (χ3n) is 2.15. The third kappa shape index (κ3) is 4.56. The van der Waals surface area contributed by atoms with Gasteiger partial charge in [0.1, 0.15) is 6.61 Å². The van der Waals surface area contributed by atoms with Crippen molar-refractivity contribution in [1.82, 2.24) is 5.32 Å². The molecule has 18 heavy (non-hydrogen) atoms. The Labute approximate surface area is 105 Å². The number of hydrogen-bond acceptors (Lipinski definition) is 4. The van der Waals surface area contributed by atoms with Crippen LogP contribution in [0.3, 0.4) is 0 Å². The molecule has 1 aromatic rings. The fourth-order valence-corrected chi connectivity index (χ4v) is 1.43. The molecule has 0 aromatic heterocycles. The summed E-state index contributed by atoms with van der Waals surface area (Å²) in [6, 6.07) is 2.45. The summed E-state index contributed by atoms with van der Waals surface area (Å²) < 4.78 is 37.0. The molecule has 0 aliphatic heterocycles. The van der Waals surface area contributed by atoms with E-state index >= 15 is 0 Å². The van der Waals surface area contributed by atoms with Gasteiger partial charge in [0, 0.05) is 6.54 Å². The van der Waals surface area contributed by atoms with Gasteiger partial charge in [-0.2, -0.15) is 0 Å². The second-order valence-corrected chi connectivity index (χ2v) is 3.60. The van der Waals surface area contributed by atoms with Gasteiger partial charge in [-0.25, -0.2) is 8.78 Å². The molecule has 6 heteroatoms. The maximum atomic E-state index is 13.5. The summed E-state index contributed by atoms with van der Waals surface area (Å²) in [4.78, 5) is 0. The highest BCUT2D eigenvalue weighted by Crippen LogP contribution is 2.23. The van der Waals surface area contributed by atoms with Crippen molar-refractivity contribution in [2.24, 2.45) is 0 Å². The summed E-state index contributed by atoms with van der Waals surface area (Å²) in [6.45, 7) is 0.654. The van der Waals surface area contributed by atoms with Gasteiger partial charge in [0.15, 0.2) is 17.4 Å². The third-order valence-corrected chi connectivity index (χ3v) is 2.15. The molecule has 0 saturated carbocycles. The Morgan fingerprint density at radius 3 is 2.39 bits per heavy atom. The lowest BCUT2D eigenvalue weighted by atomic mass is 10.2. The summed E-state index contributed by atoms with van der Waals surface area (Å²) in [7, 11) is 1.69. The zero-order valence-corrected chi connectivity index (χ0v) is 10.2. The maximum absolute atomic E-state index is 13.5. The molecule has 4 nitrogen and oxygen atoms in total. The monoisotopic (exact) mass is 261 g/mol. The van der Waals surface area contributed by atoms with E-state index in [-0.39, 0.29) is 26.4 Å². The van der Waals surface area contributed by atoms with Crippen molar-refractivity contribution in [3.63, 3.8) is 0 Å². The Hall–Kier alpha value is -1.24. The summed E-state index contributed by atoms with van der Waals surface area (Å²) in [5.41, 5.74) is 0.511. The van der Waals surface area contributed by atoms with Crippen LogP contribution in [-0.2, 0) is 11.3 Å². The SMILES string of the molecule is CNCc1cc(F)c(OCCOCCO)c(F)c1. The van der Waals surface area contributed by atoms with Crippen LogP contribution in [0.1, 0.15) is 5.56 Å². The number of aliphatic hydroxyl groups excluding tert-OH is 1. The summed E-state index contributed by atoms with van der Waals surface area (Å²) >= 11 is 0. The van der Waals surface area contributed by atoms with E-state index in [2.05, 4.69) is 5.32 Å². The molecule has 0 spiro atoms. The zero-order valence-electron chi connectivity index (χ0n) is 10.2. The predicted octanol–water partition coefficient (Wildman–Crippen LogP) is 1.07. The Balaban J connectivity index is 2.54. The molecule has 1 rings (SSSR count).